The Morgan fingerprint density at radius 3 is 2.78 bits per heavy atom. The number of nitrogens with one attached hydrogen (secondary N) is 1. The van der Waals surface area contributed by atoms with Gasteiger partial charge in [-0.1, -0.05) is 6.07 Å². The highest BCUT2D eigenvalue weighted by atomic mass is 79.9. The molecule has 0 atom stereocenters. The number of anilines is 1. The lowest BCUT2D eigenvalue weighted by Crippen LogP contribution is -2.27. The van der Waals surface area contributed by atoms with E-state index in [0.29, 0.717) is 5.82 Å². The summed E-state index contributed by atoms with van der Waals surface area (Å²) in [5.41, 5.74) is 0.222. The average Bonchev–Trinajstić information content (AvgIpc) is 2.58. The fourth-order valence-electron chi connectivity index (χ4n) is 1.45. The van der Waals surface area contributed by atoms with Crippen molar-refractivity contribution < 1.29 is 9.53 Å². The fourth-order valence-corrected chi connectivity index (χ4v) is 1.88. The van der Waals surface area contributed by atoms with Crippen molar-refractivity contribution in [1.82, 2.24) is 9.38 Å². The molecule has 0 aliphatic rings. The van der Waals surface area contributed by atoms with Gasteiger partial charge in [-0.05, 0) is 48.8 Å². The van der Waals surface area contributed by atoms with Crippen LogP contribution in [0.5, 0.6) is 0 Å². The first-order valence-corrected chi connectivity index (χ1v) is 6.28. The van der Waals surface area contributed by atoms with Crippen molar-refractivity contribution in [3.63, 3.8) is 0 Å². The molecular formula is C12H14BrN3O2. The maximum absolute atomic E-state index is 11.6. The van der Waals surface area contributed by atoms with E-state index in [2.05, 4.69) is 26.2 Å². The molecule has 0 radical (unpaired) electrons. The number of hydrogen-bond acceptors (Lipinski definition) is 3. The van der Waals surface area contributed by atoms with Crippen LogP contribution in [-0.2, 0) is 4.74 Å². The molecule has 0 spiro atoms. The Kier molecular flexibility index (Phi) is 3.30. The number of amides is 1. The molecule has 1 amide bonds. The predicted molar refractivity (Wildman–Crippen MR) is 72.7 cm³/mol. The number of carbonyl (C=O) groups excluding carboxylic acids is 1. The van der Waals surface area contributed by atoms with Crippen molar-refractivity contribution in [3.8, 4) is 0 Å². The van der Waals surface area contributed by atoms with Crippen LogP contribution in [0.4, 0.5) is 10.6 Å². The lowest BCUT2D eigenvalue weighted by molar-refractivity contribution is 0.0635. The van der Waals surface area contributed by atoms with Crippen molar-refractivity contribution >= 4 is 33.5 Å². The minimum absolute atomic E-state index is 0.455. The first kappa shape index (κ1) is 12.9. The summed E-state index contributed by atoms with van der Waals surface area (Å²) in [6.45, 7) is 5.44. The minimum atomic E-state index is -0.524. The van der Waals surface area contributed by atoms with Gasteiger partial charge in [0.25, 0.3) is 0 Å². The molecule has 2 aromatic heterocycles. The largest absolute Gasteiger partial charge is 0.444 e. The normalized spacial score (nSPS) is 11.6. The van der Waals surface area contributed by atoms with Crippen LogP contribution in [-0.4, -0.2) is 21.1 Å². The Labute approximate surface area is 113 Å². The predicted octanol–water partition coefficient (Wildman–Crippen LogP) is 3.44. The van der Waals surface area contributed by atoms with E-state index in [-0.39, 0.29) is 0 Å². The summed E-state index contributed by atoms with van der Waals surface area (Å²) < 4.78 is 7.85. The van der Waals surface area contributed by atoms with Gasteiger partial charge >= 0.3 is 6.09 Å². The second-order valence-electron chi connectivity index (χ2n) is 4.83. The summed E-state index contributed by atoms with van der Waals surface area (Å²) in [4.78, 5) is 15.9. The highest BCUT2D eigenvalue weighted by Crippen LogP contribution is 2.17. The summed E-state index contributed by atoms with van der Waals surface area (Å²) in [6.07, 6.45) is 1.21. The lowest BCUT2D eigenvalue weighted by atomic mass is 10.2. The quantitative estimate of drug-likeness (QED) is 0.821. The van der Waals surface area contributed by atoms with Crippen molar-refractivity contribution in [1.29, 1.82) is 0 Å². The number of fused-ring (bicyclic) bond motifs is 1. The Bertz CT molecular complexity index is 587. The molecule has 0 bridgehead atoms. The molecule has 18 heavy (non-hydrogen) atoms. The van der Waals surface area contributed by atoms with Crippen molar-refractivity contribution in [3.05, 3.63) is 29.0 Å². The van der Waals surface area contributed by atoms with Gasteiger partial charge in [0.15, 0.2) is 5.82 Å². The van der Waals surface area contributed by atoms with Crippen molar-refractivity contribution in [2.45, 2.75) is 26.4 Å². The maximum atomic E-state index is 11.6. The van der Waals surface area contributed by atoms with E-state index in [1.807, 2.05) is 43.4 Å². The molecule has 2 rings (SSSR count). The van der Waals surface area contributed by atoms with E-state index >= 15 is 0 Å². The third-order valence-corrected chi connectivity index (χ3v) is 2.72. The highest BCUT2D eigenvalue weighted by molar-refractivity contribution is 9.10. The van der Waals surface area contributed by atoms with Crippen LogP contribution >= 0.6 is 15.9 Å². The van der Waals surface area contributed by atoms with Gasteiger partial charge in [0.05, 0.1) is 10.8 Å². The smallest absolute Gasteiger partial charge is 0.413 e. The van der Waals surface area contributed by atoms with Gasteiger partial charge in [0.1, 0.15) is 11.2 Å². The van der Waals surface area contributed by atoms with Crippen molar-refractivity contribution in [2.75, 3.05) is 5.32 Å². The van der Waals surface area contributed by atoms with E-state index in [0.717, 1.165) is 10.3 Å². The zero-order valence-corrected chi connectivity index (χ0v) is 12.0. The highest BCUT2D eigenvalue weighted by Gasteiger charge is 2.17. The standard InChI is InChI=1S/C12H14BrN3O2/c1-12(2,3)18-11(17)15-9-7-16-8(13)5-4-6-10(16)14-9/h4-7H,1-3H3,(H,15,17). The number of aromatic nitrogens is 2. The van der Waals surface area contributed by atoms with E-state index < -0.39 is 11.7 Å². The Hall–Kier alpha value is -1.56. The molecular weight excluding hydrogens is 298 g/mol. The molecule has 0 unspecified atom stereocenters. The molecule has 0 aliphatic carbocycles. The molecule has 6 heteroatoms. The number of carbonyl (C=O) groups is 1. The number of hydrogen-bond donors (Lipinski definition) is 1. The van der Waals surface area contributed by atoms with Gasteiger partial charge in [0, 0.05) is 0 Å². The molecule has 0 saturated carbocycles. The monoisotopic (exact) mass is 311 g/mol. The number of pyridine rings is 1. The van der Waals surface area contributed by atoms with Crippen LogP contribution in [0.1, 0.15) is 20.8 Å². The SMILES string of the molecule is CC(C)(C)OC(=O)Nc1cn2c(Br)cccc2n1. The van der Waals surface area contributed by atoms with E-state index in [4.69, 9.17) is 4.74 Å². The topological polar surface area (TPSA) is 55.6 Å². The Morgan fingerprint density at radius 2 is 2.17 bits per heavy atom. The van der Waals surface area contributed by atoms with Crippen LogP contribution in [0.25, 0.3) is 5.65 Å². The maximum Gasteiger partial charge on any atom is 0.413 e. The average molecular weight is 312 g/mol. The van der Waals surface area contributed by atoms with Crippen molar-refractivity contribution in [2.24, 2.45) is 0 Å². The summed E-state index contributed by atoms with van der Waals surface area (Å²) in [6, 6.07) is 5.63. The molecule has 1 N–H and O–H groups in total. The number of halogens is 1. The summed E-state index contributed by atoms with van der Waals surface area (Å²) in [7, 11) is 0. The molecule has 2 aromatic rings. The zero-order valence-electron chi connectivity index (χ0n) is 10.4. The molecule has 0 fully saturated rings. The van der Waals surface area contributed by atoms with Gasteiger partial charge in [0.2, 0.25) is 0 Å². The second-order valence-corrected chi connectivity index (χ2v) is 5.64. The molecule has 0 saturated heterocycles. The summed E-state index contributed by atoms with van der Waals surface area (Å²) in [5, 5.41) is 2.60. The Balaban J connectivity index is 2.18. The van der Waals surface area contributed by atoms with Crippen LogP contribution in [0.3, 0.4) is 0 Å². The van der Waals surface area contributed by atoms with E-state index in [9.17, 15) is 4.79 Å². The molecule has 0 aliphatic heterocycles. The zero-order chi connectivity index (χ0) is 13.3. The molecule has 0 aromatic carbocycles. The van der Waals surface area contributed by atoms with Crippen LogP contribution in [0.2, 0.25) is 0 Å². The Morgan fingerprint density at radius 1 is 1.44 bits per heavy atom. The van der Waals surface area contributed by atoms with Gasteiger partial charge in [-0.3, -0.25) is 9.72 Å². The molecule has 5 nitrogen and oxygen atoms in total. The van der Waals surface area contributed by atoms with E-state index in [1.165, 1.54) is 0 Å². The van der Waals surface area contributed by atoms with E-state index in [1.54, 1.807) is 6.20 Å². The number of nitrogens with zero attached hydrogens (tertiary/aromatic N) is 2. The lowest BCUT2D eigenvalue weighted by Gasteiger charge is -2.18. The number of imidazole rings is 1. The van der Waals surface area contributed by atoms with Gasteiger partial charge in [-0.2, -0.15) is 0 Å². The van der Waals surface area contributed by atoms with Crippen LogP contribution < -0.4 is 5.32 Å². The second kappa shape index (κ2) is 4.61. The fraction of sp³-hybridized carbons (Fsp3) is 0.333. The summed E-state index contributed by atoms with van der Waals surface area (Å²) >= 11 is 3.40. The molecule has 96 valence electrons. The van der Waals surface area contributed by atoms with Crippen LogP contribution in [0, 0.1) is 0 Å². The summed E-state index contributed by atoms with van der Waals surface area (Å²) in [5.74, 6) is 0.455. The van der Waals surface area contributed by atoms with Gasteiger partial charge < -0.3 is 4.74 Å². The first-order valence-electron chi connectivity index (χ1n) is 5.49. The third-order valence-electron chi connectivity index (χ3n) is 2.07. The van der Waals surface area contributed by atoms with Crippen LogP contribution in [0.15, 0.2) is 29.0 Å². The third kappa shape index (κ3) is 3.01. The van der Waals surface area contributed by atoms with Gasteiger partial charge in [-0.15, -0.1) is 0 Å². The number of rotatable bonds is 1. The number of ether oxygens (including phenoxy) is 1. The van der Waals surface area contributed by atoms with Gasteiger partial charge in [-0.25, -0.2) is 9.78 Å². The molecule has 2 heterocycles. The minimum Gasteiger partial charge on any atom is -0.444 e. The first-order chi connectivity index (χ1) is 8.35.